The van der Waals surface area contributed by atoms with Gasteiger partial charge in [-0.1, -0.05) is 10.8 Å². The van der Waals surface area contributed by atoms with Crippen molar-refractivity contribution in [2.75, 3.05) is 29.6 Å². The van der Waals surface area contributed by atoms with Crippen molar-refractivity contribution in [3.8, 4) is 0 Å². The topological polar surface area (TPSA) is 282 Å². The maximum atomic E-state index is 13.2. The van der Waals surface area contributed by atoms with E-state index >= 15 is 0 Å². The molecule has 0 aliphatic heterocycles. The first-order valence-corrected chi connectivity index (χ1v) is 18.1. The summed E-state index contributed by atoms with van der Waals surface area (Å²) in [6.07, 6.45) is 2.49. The molecule has 2 atom stereocenters. The zero-order valence-corrected chi connectivity index (χ0v) is 30.7. The molecule has 0 aliphatic carbocycles. The second-order valence-corrected chi connectivity index (χ2v) is 14.5. The molecule has 2 amide bonds. The third-order valence-electron chi connectivity index (χ3n) is 6.92. The first-order valence-electron chi connectivity index (χ1n) is 15.8. The normalized spacial score (nSPS) is 12.3. The van der Waals surface area contributed by atoms with E-state index in [1.54, 1.807) is 45.0 Å². The second-order valence-electron chi connectivity index (χ2n) is 12.1. The summed E-state index contributed by atoms with van der Waals surface area (Å²) in [4.78, 5) is 83.0. The van der Waals surface area contributed by atoms with Gasteiger partial charge in [0.05, 0.1) is 30.5 Å². The van der Waals surface area contributed by atoms with Gasteiger partial charge in [-0.05, 0) is 68.3 Å². The molecular formula is C32H37N11O8S2. The van der Waals surface area contributed by atoms with Crippen molar-refractivity contribution in [2.45, 2.75) is 62.9 Å². The molecule has 0 bridgehead atoms. The number of carbonyl (C=O) groups excluding carboxylic acids is 4. The van der Waals surface area contributed by atoms with Crippen LogP contribution in [-0.4, -0.2) is 84.1 Å². The first kappa shape index (κ1) is 39.9. The lowest BCUT2D eigenvalue weighted by Crippen LogP contribution is -2.46. The summed E-state index contributed by atoms with van der Waals surface area (Å²) in [7, 11) is 3.18. The number of nitrogens with one attached hydrogen (secondary N) is 3. The standard InChI is InChI=1S/C32H37N11O8S2/c1-32(2,3)51-30(47)20(11-12-23(44)39-21(29(46)50-4)16-52-53-28-22(43(48)49)6-5-13-35-28)40-27(45)17-7-9-18(10-8-17)36-14-19-15-37-26-24(38-19)25(33)41-31(34)42-26/h5-10,13,15,20-21,36H,11-12,14,16H2,1-4H3,(H,39,44)(H,40,45)(H4,33,34,37,41,42)/t20-,21-/m0/s1. The number of nitrogen functional groups attached to an aromatic ring is 2. The van der Waals surface area contributed by atoms with Crippen LogP contribution >= 0.6 is 21.6 Å². The molecule has 1 aromatic carbocycles. The summed E-state index contributed by atoms with van der Waals surface area (Å²) in [6.45, 7) is 5.27. The minimum Gasteiger partial charge on any atom is -0.467 e. The SMILES string of the molecule is COC(=O)[C@H](CSSc1ncccc1[N+](=O)[O-])NC(=O)CC[C@H](NC(=O)c1ccc(NCc2cnc3nc(N)nc(N)c3n2)cc1)C(=O)OC(C)(C)C. The van der Waals surface area contributed by atoms with Gasteiger partial charge in [-0.3, -0.25) is 19.7 Å². The van der Waals surface area contributed by atoms with Crippen LogP contribution in [0, 0.1) is 10.1 Å². The van der Waals surface area contributed by atoms with Gasteiger partial charge in [0.2, 0.25) is 11.9 Å². The fourth-order valence-electron chi connectivity index (χ4n) is 4.46. The van der Waals surface area contributed by atoms with Crippen LogP contribution in [0.4, 0.5) is 23.1 Å². The van der Waals surface area contributed by atoms with Gasteiger partial charge >= 0.3 is 17.6 Å². The van der Waals surface area contributed by atoms with E-state index in [-0.39, 0.29) is 58.8 Å². The minimum absolute atomic E-state index is 0.00667. The van der Waals surface area contributed by atoms with E-state index in [2.05, 4.69) is 40.9 Å². The highest BCUT2D eigenvalue weighted by Gasteiger charge is 2.29. The molecule has 0 radical (unpaired) electrons. The van der Waals surface area contributed by atoms with Crippen molar-refractivity contribution in [1.29, 1.82) is 0 Å². The highest BCUT2D eigenvalue weighted by Crippen LogP contribution is 2.35. The Kier molecular flexibility index (Phi) is 13.6. The van der Waals surface area contributed by atoms with Crippen LogP contribution in [0.1, 0.15) is 49.7 Å². The second kappa shape index (κ2) is 18.1. The van der Waals surface area contributed by atoms with Gasteiger partial charge in [0.15, 0.2) is 22.0 Å². The van der Waals surface area contributed by atoms with Crippen molar-refractivity contribution >= 4 is 79.6 Å². The van der Waals surface area contributed by atoms with Crippen LogP contribution in [-0.2, 0) is 30.4 Å². The van der Waals surface area contributed by atoms with Gasteiger partial charge in [0.1, 0.15) is 17.7 Å². The Morgan fingerprint density at radius 2 is 1.72 bits per heavy atom. The van der Waals surface area contributed by atoms with E-state index in [0.717, 1.165) is 28.7 Å². The molecule has 0 saturated carbocycles. The van der Waals surface area contributed by atoms with Crippen molar-refractivity contribution in [2.24, 2.45) is 0 Å². The lowest BCUT2D eigenvalue weighted by Gasteiger charge is -2.25. The van der Waals surface area contributed by atoms with Crippen LogP contribution < -0.4 is 27.4 Å². The van der Waals surface area contributed by atoms with Crippen molar-refractivity contribution in [3.05, 3.63) is 70.2 Å². The predicted octanol–water partition coefficient (Wildman–Crippen LogP) is 2.82. The van der Waals surface area contributed by atoms with Crippen LogP contribution in [0.15, 0.2) is 53.8 Å². The molecular weight excluding hydrogens is 731 g/mol. The molecule has 280 valence electrons. The summed E-state index contributed by atoms with van der Waals surface area (Å²) in [5, 5.41) is 19.8. The number of carbonyl (C=O) groups is 4. The average Bonchev–Trinajstić information content (AvgIpc) is 3.11. The quantitative estimate of drug-likeness (QED) is 0.0474. The largest absolute Gasteiger partial charge is 0.467 e. The Morgan fingerprint density at radius 3 is 2.40 bits per heavy atom. The summed E-state index contributed by atoms with van der Waals surface area (Å²) in [5.74, 6) is -2.61. The minimum atomic E-state index is -1.21. The number of methoxy groups -OCH3 is 1. The Labute approximate surface area is 310 Å². The van der Waals surface area contributed by atoms with E-state index < -0.39 is 46.4 Å². The van der Waals surface area contributed by atoms with Gasteiger partial charge in [0.25, 0.3) is 5.91 Å². The number of hydrogen-bond acceptors (Lipinski definition) is 18. The number of amides is 2. The Hall–Kier alpha value is -5.83. The molecule has 19 nitrogen and oxygen atoms in total. The Balaban J connectivity index is 1.35. The van der Waals surface area contributed by atoms with Crippen LogP contribution in [0.2, 0.25) is 0 Å². The molecule has 53 heavy (non-hydrogen) atoms. The molecule has 0 fully saturated rings. The van der Waals surface area contributed by atoms with E-state index in [1.807, 2.05) is 0 Å². The van der Waals surface area contributed by atoms with E-state index in [0.29, 0.717) is 16.9 Å². The number of nitrogens with zero attached hydrogens (tertiary/aromatic N) is 6. The molecule has 4 rings (SSSR count). The molecule has 0 unspecified atom stereocenters. The number of anilines is 3. The fraction of sp³-hybridized carbons (Fsp3) is 0.344. The lowest BCUT2D eigenvalue weighted by atomic mass is 10.1. The third kappa shape index (κ3) is 11.9. The highest BCUT2D eigenvalue weighted by molar-refractivity contribution is 8.76. The summed E-state index contributed by atoms with van der Waals surface area (Å²) >= 11 is 0. The number of ether oxygens (including phenoxy) is 2. The van der Waals surface area contributed by atoms with E-state index in [4.69, 9.17) is 20.9 Å². The predicted molar refractivity (Wildman–Crippen MR) is 197 cm³/mol. The molecule has 7 N–H and O–H groups in total. The number of aromatic nitrogens is 5. The third-order valence-corrected chi connectivity index (χ3v) is 9.21. The van der Waals surface area contributed by atoms with Gasteiger partial charge < -0.3 is 36.9 Å². The van der Waals surface area contributed by atoms with E-state index in [9.17, 15) is 29.3 Å². The smallest absolute Gasteiger partial charge is 0.329 e. The number of nitrogens with two attached hydrogens (primary N) is 2. The fourth-order valence-corrected chi connectivity index (χ4v) is 6.66. The van der Waals surface area contributed by atoms with Crippen LogP contribution in [0.25, 0.3) is 11.2 Å². The van der Waals surface area contributed by atoms with Crippen molar-refractivity contribution in [1.82, 2.24) is 35.6 Å². The number of rotatable bonds is 16. The zero-order valence-electron chi connectivity index (χ0n) is 29.0. The molecule has 0 spiro atoms. The molecule has 0 aliphatic rings. The van der Waals surface area contributed by atoms with Crippen molar-refractivity contribution < 1.29 is 33.6 Å². The zero-order chi connectivity index (χ0) is 38.7. The first-order chi connectivity index (χ1) is 25.1. The number of pyridine rings is 1. The maximum absolute atomic E-state index is 13.2. The van der Waals surface area contributed by atoms with Crippen molar-refractivity contribution in [3.63, 3.8) is 0 Å². The number of nitro groups is 1. The van der Waals surface area contributed by atoms with Gasteiger partial charge in [0, 0.05) is 35.7 Å². The number of hydrogen-bond donors (Lipinski definition) is 5. The number of fused-ring (bicyclic) bond motifs is 1. The van der Waals surface area contributed by atoms with Gasteiger partial charge in [-0.25, -0.2) is 24.5 Å². The average molecular weight is 768 g/mol. The van der Waals surface area contributed by atoms with Gasteiger partial charge in [-0.15, -0.1) is 0 Å². The Morgan fingerprint density at radius 1 is 0.981 bits per heavy atom. The Bertz CT molecular complexity index is 1980. The van der Waals surface area contributed by atoms with Crippen LogP contribution in [0.3, 0.4) is 0 Å². The monoisotopic (exact) mass is 767 g/mol. The molecule has 4 aromatic rings. The van der Waals surface area contributed by atoms with Crippen LogP contribution in [0.5, 0.6) is 0 Å². The molecule has 3 heterocycles. The summed E-state index contributed by atoms with van der Waals surface area (Å²) in [5.41, 5.74) is 12.4. The maximum Gasteiger partial charge on any atom is 0.329 e. The molecule has 0 saturated heterocycles. The van der Waals surface area contributed by atoms with E-state index in [1.165, 1.54) is 24.5 Å². The summed E-state index contributed by atoms with van der Waals surface area (Å²) in [6, 6.07) is 6.82. The summed E-state index contributed by atoms with van der Waals surface area (Å²) < 4.78 is 10.3. The number of benzene rings is 1. The highest BCUT2D eigenvalue weighted by atomic mass is 33.1. The molecule has 21 heteroatoms. The van der Waals surface area contributed by atoms with Gasteiger partial charge in [-0.2, -0.15) is 9.97 Å². The lowest BCUT2D eigenvalue weighted by molar-refractivity contribution is -0.388. The molecule has 3 aromatic heterocycles. The number of esters is 2.